The number of nitrogens with zero attached hydrogens (tertiary/aromatic N) is 1. The Morgan fingerprint density at radius 3 is 2.24 bits per heavy atom. The molecule has 0 spiro atoms. The molecule has 0 atom stereocenters. The summed E-state index contributed by atoms with van der Waals surface area (Å²) < 4.78 is 6.28. The van der Waals surface area contributed by atoms with Crippen LogP contribution in [0.25, 0.3) is 0 Å². The van der Waals surface area contributed by atoms with E-state index in [-0.39, 0.29) is 5.91 Å². The van der Waals surface area contributed by atoms with Gasteiger partial charge in [0.15, 0.2) is 0 Å². The first-order valence-corrected chi connectivity index (χ1v) is 8.72. The fourth-order valence-corrected chi connectivity index (χ4v) is 2.98. The summed E-state index contributed by atoms with van der Waals surface area (Å²) in [6.07, 6.45) is 0. The summed E-state index contributed by atoms with van der Waals surface area (Å²) in [6, 6.07) is 25.1. The number of ether oxygens (including phenoxy) is 1. The zero-order chi connectivity index (χ0) is 17.6. The van der Waals surface area contributed by atoms with Crippen LogP contribution in [0.15, 0.2) is 83.3 Å². The smallest absolute Gasteiger partial charge is 0.262 e. The number of benzene rings is 3. The van der Waals surface area contributed by atoms with Gasteiger partial charge in [0.2, 0.25) is 0 Å². The maximum Gasteiger partial charge on any atom is 0.262 e. The first-order valence-electron chi connectivity index (χ1n) is 7.93. The summed E-state index contributed by atoms with van der Waals surface area (Å²) in [7, 11) is 1.57. The van der Waals surface area contributed by atoms with Crippen molar-refractivity contribution in [2.75, 3.05) is 12.0 Å². The molecule has 3 rings (SSSR count). The van der Waals surface area contributed by atoms with Crippen molar-refractivity contribution in [2.24, 2.45) is 0 Å². The third kappa shape index (κ3) is 4.09. The Labute approximate surface area is 156 Å². The highest BCUT2D eigenvalue weighted by molar-refractivity contribution is 9.10. The third-order valence-corrected chi connectivity index (χ3v) is 4.38. The van der Waals surface area contributed by atoms with Gasteiger partial charge in [0, 0.05) is 10.2 Å². The van der Waals surface area contributed by atoms with E-state index in [0.717, 1.165) is 15.7 Å². The van der Waals surface area contributed by atoms with Crippen molar-refractivity contribution in [3.8, 4) is 5.75 Å². The number of para-hydroxylation sites is 1. The first kappa shape index (κ1) is 17.2. The van der Waals surface area contributed by atoms with E-state index in [9.17, 15) is 4.79 Å². The molecule has 0 N–H and O–H groups in total. The van der Waals surface area contributed by atoms with Gasteiger partial charge in [-0.25, -0.2) is 0 Å². The molecule has 0 aromatic heterocycles. The van der Waals surface area contributed by atoms with Crippen LogP contribution in [0.2, 0.25) is 0 Å². The molecule has 3 aromatic carbocycles. The Bertz CT molecular complexity index is 850. The third-order valence-electron chi connectivity index (χ3n) is 3.89. The SMILES string of the molecule is COc1cc(Br)ccc1C(=O)N(Cc1ccccc1)c1ccccc1. The zero-order valence-corrected chi connectivity index (χ0v) is 15.4. The molecule has 1 amide bonds. The Balaban J connectivity index is 2.01. The highest BCUT2D eigenvalue weighted by Gasteiger charge is 2.21. The van der Waals surface area contributed by atoms with E-state index in [1.807, 2.05) is 66.7 Å². The minimum absolute atomic E-state index is 0.0978. The lowest BCUT2D eigenvalue weighted by Crippen LogP contribution is -2.30. The second-order valence-corrected chi connectivity index (χ2v) is 6.47. The van der Waals surface area contributed by atoms with Gasteiger partial charge in [-0.1, -0.05) is 64.5 Å². The monoisotopic (exact) mass is 395 g/mol. The molecule has 0 bridgehead atoms. The first-order chi connectivity index (χ1) is 12.2. The molecular formula is C21H18BrNO2. The van der Waals surface area contributed by atoms with E-state index in [4.69, 9.17) is 4.74 Å². The van der Waals surface area contributed by atoms with Crippen LogP contribution in [0, 0.1) is 0 Å². The maximum atomic E-state index is 13.3. The summed E-state index contributed by atoms with van der Waals surface area (Å²) in [6.45, 7) is 0.489. The summed E-state index contributed by atoms with van der Waals surface area (Å²) in [5, 5.41) is 0. The van der Waals surface area contributed by atoms with Crippen LogP contribution >= 0.6 is 15.9 Å². The lowest BCUT2D eigenvalue weighted by atomic mass is 10.1. The molecule has 0 heterocycles. The topological polar surface area (TPSA) is 29.5 Å². The van der Waals surface area contributed by atoms with Crippen LogP contribution in [-0.4, -0.2) is 13.0 Å². The lowest BCUT2D eigenvalue weighted by Gasteiger charge is -2.24. The molecule has 0 aliphatic rings. The number of halogens is 1. The molecule has 0 aliphatic heterocycles. The van der Waals surface area contributed by atoms with Gasteiger partial charge in [-0.05, 0) is 35.9 Å². The zero-order valence-electron chi connectivity index (χ0n) is 13.9. The summed E-state index contributed by atoms with van der Waals surface area (Å²) in [5.41, 5.74) is 2.45. The highest BCUT2D eigenvalue weighted by atomic mass is 79.9. The lowest BCUT2D eigenvalue weighted by molar-refractivity contribution is 0.0982. The highest BCUT2D eigenvalue weighted by Crippen LogP contribution is 2.27. The van der Waals surface area contributed by atoms with Crippen LogP contribution in [-0.2, 0) is 6.54 Å². The molecule has 25 heavy (non-hydrogen) atoms. The van der Waals surface area contributed by atoms with Gasteiger partial charge in [0.05, 0.1) is 19.2 Å². The van der Waals surface area contributed by atoms with Crippen LogP contribution in [0.4, 0.5) is 5.69 Å². The second-order valence-electron chi connectivity index (χ2n) is 5.56. The van der Waals surface area contributed by atoms with Gasteiger partial charge in [0.25, 0.3) is 5.91 Å². The van der Waals surface area contributed by atoms with Crippen LogP contribution in [0.3, 0.4) is 0 Å². The Morgan fingerprint density at radius 2 is 1.60 bits per heavy atom. The fraction of sp³-hybridized carbons (Fsp3) is 0.0952. The normalized spacial score (nSPS) is 10.3. The molecular weight excluding hydrogens is 378 g/mol. The standard InChI is InChI=1S/C21H18BrNO2/c1-25-20-14-17(22)12-13-19(20)21(24)23(18-10-6-3-7-11-18)15-16-8-4-2-5-9-16/h2-14H,15H2,1H3. The van der Waals surface area contributed by atoms with E-state index in [2.05, 4.69) is 15.9 Å². The number of hydrogen-bond acceptors (Lipinski definition) is 2. The fourth-order valence-electron chi connectivity index (χ4n) is 2.64. The molecule has 4 heteroatoms. The second kappa shape index (κ2) is 7.99. The molecule has 0 unspecified atom stereocenters. The van der Waals surface area contributed by atoms with E-state index < -0.39 is 0 Å². The van der Waals surface area contributed by atoms with Crippen LogP contribution in [0.5, 0.6) is 5.75 Å². The minimum Gasteiger partial charge on any atom is -0.496 e. The Kier molecular flexibility index (Phi) is 5.51. The van der Waals surface area contributed by atoms with Gasteiger partial charge < -0.3 is 9.64 Å². The van der Waals surface area contributed by atoms with Crippen molar-refractivity contribution < 1.29 is 9.53 Å². The largest absolute Gasteiger partial charge is 0.496 e. The van der Waals surface area contributed by atoms with Crippen molar-refractivity contribution in [3.05, 3.63) is 94.5 Å². The quantitative estimate of drug-likeness (QED) is 0.586. The minimum atomic E-state index is -0.0978. The van der Waals surface area contributed by atoms with Gasteiger partial charge in [0.1, 0.15) is 5.75 Å². The van der Waals surface area contributed by atoms with E-state index >= 15 is 0 Å². The van der Waals surface area contributed by atoms with E-state index in [0.29, 0.717) is 17.9 Å². The molecule has 0 aliphatic carbocycles. The Morgan fingerprint density at radius 1 is 0.960 bits per heavy atom. The van der Waals surface area contributed by atoms with E-state index in [1.165, 1.54) is 0 Å². The van der Waals surface area contributed by atoms with E-state index in [1.54, 1.807) is 24.1 Å². The molecule has 0 saturated carbocycles. The molecule has 0 saturated heterocycles. The predicted octanol–water partition coefficient (Wildman–Crippen LogP) is 5.30. The van der Waals surface area contributed by atoms with Gasteiger partial charge in [-0.2, -0.15) is 0 Å². The average molecular weight is 396 g/mol. The Hall–Kier alpha value is -2.59. The molecule has 0 radical (unpaired) electrons. The van der Waals surface area contributed by atoms with Gasteiger partial charge in [-0.15, -0.1) is 0 Å². The molecule has 126 valence electrons. The van der Waals surface area contributed by atoms with Crippen molar-refractivity contribution >= 4 is 27.5 Å². The molecule has 3 aromatic rings. The number of hydrogen-bond donors (Lipinski definition) is 0. The maximum absolute atomic E-state index is 13.3. The van der Waals surface area contributed by atoms with Crippen molar-refractivity contribution in [1.29, 1.82) is 0 Å². The van der Waals surface area contributed by atoms with Crippen molar-refractivity contribution in [3.63, 3.8) is 0 Å². The summed E-state index contributed by atoms with van der Waals surface area (Å²) in [5.74, 6) is 0.452. The van der Waals surface area contributed by atoms with Gasteiger partial charge in [-0.3, -0.25) is 4.79 Å². The van der Waals surface area contributed by atoms with Crippen molar-refractivity contribution in [1.82, 2.24) is 0 Å². The predicted molar refractivity (Wildman–Crippen MR) is 104 cm³/mol. The molecule has 3 nitrogen and oxygen atoms in total. The molecule has 0 fully saturated rings. The van der Waals surface area contributed by atoms with Gasteiger partial charge >= 0.3 is 0 Å². The van der Waals surface area contributed by atoms with Crippen LogP contribution < -0.4 is 9.64 Å². The summed E-state index contributed by atoms with van der Waals surface area (Å²) >= 11 is 3.42. The number of anilines is 1. The van der Waals surface area contributed by atoms with Crippen LogP contribution in [0.1, 0.15) is 15.9 Å². The number of amides is 1. The average Bonchev–Trinajstić information content (AvgIpc) is 2.67. The summed E-state index contributed by atoms with van der Waals surface area (Å²) in [4.78, 5) is 15.0. The number of carbonyl (C=O) groups is 1. The number of carbonyl (C=O) groups excluding carboxylic acids is 1. The number of methoxy groups -OCH3 is 1. The number of rotatable bonds is 5. The van der Waals surface area contributed by atoms with Crippen molar-refractivity contribution in [2.45, 2.75) is 6.54 Å².